The first kappa shape index (κ1) is 21.1. The maximum Gasteiger partial charge on any atom is 0.237 e. The molecule has 4 rings (SSSR count). The second-order valence-electron chi connectivity index (χ2n) is 8.36. The van der Waals surface area contributed by atoms with Crippen LogP contribution in [0.25, 0.3) is 11.1 Å². The molecule has 0 radical (unpaired) electrons. The molecule has 1 saturated carbocycles. The number of hydrogen-bond acceptors (Lipinski definition) is 4. The normalized spacial score (nSPS) is 22.8. The van der Waals surface area contributed by atoms with E-state index in [2.05, 4.69) is 16.7 Å². The number of nitriles is 1. The van der Waals surface area contributed by atoms with Crippen molar-refractivity contribution < 1.29 is 9.59 Å². The number of carbonyl (C=O) groups is 2. The van der Waals surface area contributed by atoms with Gasteiger partial charge in [0, 0.05) is 29.8 Å². The van der Waals surface area contributed by atoms with Gasteiger partial charge in [-0.3, -0.25) is 9.59 Å². The standard InChI is InChI=1S/C25H28N4O2/c26-16-21-9-6-14-29(21)24(30)17-27-20-13-12-19(15-20)25(31)28-23-11-5-4-10-22(23)18-7-2-1-3-8-18/h1-5,7-8,10-11,19-21,27H,6,9,12-15,17H2,(H,28,31)/t19-,20?,21+/m1/s1. The van der Waals surface area contributed by atoms with Crippen LogP contribution in [0.2, 0.25) is 0 Å². The molecule has 6 nitrogen and oxygen atoms in total. The Kier molecular flexibility index (Phi) is 6.63. The molecule has 0 aromatic heterocycles. The highest BCUT2D eigenvalue weighted by molar-refractivity contribution is 5.97. The minimum absolute atomic E-state index is 0.0197. The average Bonchev–Trinajstić information content (AvgIpc) is 3.48. The molecular formula is C25H28N4O2. The lowest BCUT2D eigenvalue weighted by Gasteiger charge is -2.21. The van der Waals surface area contributed by atoms with Gasteiger partial charge < -0.3 is 15.5 Å². The van der Waals surface area contributed by atoms with Crippen molar-refractivity contribution in [2.45, 2.75) is 44.2 Å². The highest BCUT2D eigenvalue weighted by Crippen LogP contribution is 2.31. The number of anilines is 1. The van der Waals surface area contributed by atoms with Gasteiger partial charge in [-0.2, -0.15) is 5.26 Å². The fraction of sp³-hybridized carbons (Fsp3) is 0.400. The zero-order valence-corrected chi connectivity index (χ0v) is 17.6. The van der Waals surface area contributed by atoms with E-state index in [-0.39, 0.29) is 36.4 Å². The van der Waals surface area contributed by atoms with Crippen LogP contribution in [0.5, 0.6) is 0 Å². The van der Waals surface area contributed by atoms with Gasteiger partial charge in [0.2, 0.25) is 11.8 Å². The van der Waals surface area contributed by atoms with Gasteiger partial charge in [0.1, 0.15) is 6.04 Å². The van der Waals surface area contributed by atoms with Crippen LogP contribution in [-0.2, 0) is 9.59 Å². The van der Waals surface area contributed by atoms with E-state index >= 15 is 0 Å². The third-order valence-corrected chi connectivity index (χ3v) is 6.34. The number of nitrogens with one attached hydrogen (secondary N) is 2. The first-order valence-corrected chi connectivity index (χ1v) is 11.0. The number of nitrogens with zero attached hydrogens (tertiary/aromatic N) is 2. The Morgan fingerprint density at radius 2 is 1.81 bits per heavy atom. The molecular weight excluding hydrogens is 388 g/mol. The number of rotatable bonds is 6. The Labute approximate surface area is 183 Å². The molecule has 2 amide bonds. The van der Waals surface area contributed by atoms with Crippen LogP contribution in [-0.4, -0.2) is 41.9 Å². The van der Waals surface area contributed by atoms with Gasteiger partial charge in [0.05, 0.1) is 12.6 Å². The topological polar surface area (TPSA) is 85.2 Å². The fourth-order valence-corrected chi connectivity index (χ4v) is 4.63. The fourth-order valence-electron chi connectivity index (χ4n) is 4.63. The maximum absolute atomic E-state index is 12.9. The molecule has 31 heavy (non-hydrogen) atoms. The molecule has 2 aromatic carbocycles. The SMILES string of the molecule is N#C[C@@H]1CCCN1C(=O)CNC1CC[C@@H](C(=O)Nc2ccccc2-c2ccccc2)C1. The van der Waals surface area contributed by atoms with Crippen molar-refractivity contribution in [2.24, 2.45) is 5.92 Å². The minimum atomic E-state index is -0.291. The quantitative estimate of drug-likeness (QED) is 0.754. The van der Waals surface area contributed by atoms with Crippen molar-refractivity contribution in [2.75, 3.05) is 18.4 Å². The summed E-state index contributed by atoms with van der Waals surface area (Å²) < 4.78 is 0. The van der Waals surface area contributed by atoms with Gasteiger partial charge in [-0.15, -0.1) is 0 Å². The Morgan fingerprint density at radius 1 is 1.03 bits per heavy atom. The first-order valence-electron chi connectivity index (χ1n) is 11.0. The van der Waals surface area contributed by atoms with Gasteiger partial charge in [-0.1, -0.05) is 48.5 Å². The van der Waals surface area contributed by atoms with Crippen LogP contribution in [0.1, 0.15) is 32.1 Å². The van der Waals surface area contributed by atoms with Crippen molar-refractivity contribution >= 4 is 17.5 Å². The van der Waals surface area contributed by atoms with Crippen molar-refractivity contribution in [1.82, 2.24) is 10.2 Å². The van der Waals surface area contributed by atoms with E-state index in [4.69, 9.17) is 5.26 Å². The van der Waals surface area contributed by atoms with Crippen LogP contribution in [0.3, 0.4) is 0 Å². The minimum Gasteiger partial charge on any atom is -0.326 e. The van der Waals surface area contributed by atoms with Crippen LogP contribution >= 0.6 is 0 Å². The van der Waals surface area contributed by atoms with Crippen molar-refractivity contribution in [3.63, 3.8) is 0 Å². The zero-order valence-electron chi connectivity index (χ0n) is 17.6. The average molecular weight is 417 g/mol. The molecule has 1 heterocycles. The Balaban J connectivity index is 1.31. The molecule has 1 saturated heterocycles. The second-order valence-corrected chi connectivity index (χ2v) is 8.36. The molecule has 2 fully saturated rings. The summed E-state index contributed by atoms with van der Waals surface area (Å²) in [4.78, 5) is 27.0. The van der Waals surface area contributed by atoms with Gasteiger partial charge in [-0.25, -0.2) is 0 Å². The molecule has 0 spiro atoms. The Hall–Kier alpha value is -3.17. The zero-order chi connectivity index (χ0) is 21.6. The second kappa shape index (κ2) is 9.76. The molecule has 6 heteroatoms. The number of carbonyl (C=O) groups excluding carboxylic acids is 2. The number of para-hydroxylation sites is 1. The van der Waals surface area contributed by atoms with E-state index in [9.17, 15) is 9.59 Å². The van der Waals surface area contributed by atoms with Gasteiger partial charge in [0.25, 0.3) is 0 Å². The summed E-state index contributed by atoms with van der Waals surface area (Å²) in [5, 5.41) is 15.6. The molecule has 1 unspecified atom stereocenters. The van der Waals surface area contributed by atoms with Crippen LogP contribution in [0.15, 0.2) is 54.6 Å². The molecule has 2 aliphatic rings. The summed E-state index contributed by atoms with van der Waals surface area (Å²) in [5.74, 6) is -0.0630. The lowest BCUT2D eigenvalue weighted by Crippen LogP contribution is -2.43. The van der Waals surface area contributed by atoms with E-state index in [0.717, 1.165) is 42.5 Å². The smallest absolute Gasteiger partial charge is 0.237 e. The molecule has 0 bridgehead atoms. The Morgan fingerprint density at radius 3 is 2.61 bits per heavy atom. The predicted octanol–water partition coefficient (Wildman–Crippen LogP) is 3.56. The highest BCUT2D eigenvalue weighted by atomic mass is 16.2. The molecule has 3 atom stereocenters. The number of amides is 2. The van der Waals surface area contributed by atoms with E-state index in [0.29, 0.717) is 13.0 Å². The molecule has 160 valence electrons. The van der Waals surface area contributed by atoms with Crippen molar-refractivity contribution in [3.8, 4) is 17.2 Å². The lowest BCUT2D eigenvalue weighted by molar-refractivity contribution is -0.130. The number of benzene rings is 2. The van der Waals surface area contributed by atoms with Crippen LogP contribution in [0, 0.1) is 17.2 Å². The molecule has 2 aromatic rings. The van der Waals surface area contributed by atoms with Crippen molar-refractivity contribution in [1.29, 1.82) is 5.26 Å². The summed E-state index contributed by atoms with van der Waals surface area (Å²) >= 11 is 0. The first-order chi connectivity index (χ1) is 15.2. The number of likely N-dealkylation sites (tertiary alicyclic amines) is 1. The summed E-state index contributed by atoms with van der Waals surface area (Å²) in [6.07, 6.45) is 4.04. The van der Waals surface area contributed by atoms with Gasteiger partial charge >= 0.3 is 0 Å². The van der Waals surface area contributed by atoms with Gasteiger partial charge in [-0.05, 0) is 43.7 Å². The third kappa shape index (κ3) is 4.95. The summed E-state index contributed by atoms with van der Waals surface area (Å²) in [5.41, 5.74) is 2.90. The monoisotopic (exact) mass is 416 g/mol. The largest absolute Gasteiger partial charge is 0.326 e. The molecule has 1 aliphatic carbocycles. The predicted molar refractivity (Wildman–Crippen MR) is 120 cm³/mol. The Bertz CT molecular complexity index is 969. The van der Waals surface area contributed by atoms with E-state index in [1.165, 1.54) is 0 Å². The van der Waals surface area contributed by atoms with E-state index in [1.807, 2.05) is 54.6 Å². The van der Waals surface area contributed by atoms with E-state index in [1.54, 1.807) is 4.90 Å². The highest BCUT2D eigenvalue weighted by Gasteiger charge is 2.32. The molecule has 2 N–H and O–H groups in total. The maximum atomic E-state index is 12.9. The third-order valence-electron chi connectivity index (χ3n) is 6.34. The van der Waals surface area contributed by atoms with Crippen LogP contribution in [0.4, 0.5) is 5.69 Å². The lowest BCUT2D eigenvalue weighted by atomic mass is 10.0. The van der Waals surface area contributed by atoms with Crippen molar-refractivity contribution in [3.05, 3.63) is 54.6 Å². The van der Waals surface area contributed by atoms with E-state index < -0.39 is 0 Å². The molecule has 1 aliphatic heterocycles. The summed E-state index contributed by atoms with van der Waals surface area (Å²) in [6, 6.07) is 19.9. The number of hydrogen-bond donors (Lipinski definition) is 2. The van der Waals surface area contributed by atoms with Gasteiger partial charge in [0.15, 0.2) is 0 Å². The summed E-state index contributed by atoms with van der Waals surface area (Å²) in [7, 11) is 0. The van der Waals surface area contributed by atoms with Crippen LogP contribution < -0.4 is 10.6 Å². The summed E-state index contributed by atoms with van der Waals surface area (Å²) in [6.45, 7) is 0.892.